The molecule has 0 amide bonds. The van der Waals surface area contributed by atoms with E-state index in [1.165, 1.54) is 0 Å². The molecule has 0 aromatic rings. The first-order valence-corrected chi connectivity index (χ1v) is 4.02. The van der Waals surface area contributed by atoms with E-state index < -0.39 is 0 Å². The Labute approximate surface area is 52.7 Å². The quantitative estimate of drug-likeness (QED) is 0.365. The monoisotopic (exact) mass is 150 g/mol. The fourth-order valence-corrected chi connectivity index (χ4v) is 0. The predicted octanol–water partition coefficient (Wildman–Crippen LogP) is 1.81. The first-order valence-electron chi connectivity index (χ1n) is 1.34. The number of hydrogen-bond acceptors (Lipinski definition) is 0. The first kappa shape index (κ1) is 15.8. The van der Waals surface area contributed by atoms with Crippen molar-refractivity contribution in [1.29, 1.82) is 0 Å². The van der Waals surface area contributed by atoms with Crippen molar-refractivity contribution in [3.63, 3.8) is 0 Å². The van der Waals surface area contributed by atoms with Crippen LogP contribution in [-0.2, 0) is 16.8 Å². The Bertz CT molecular complexity index is 12.3. The Morgan fingerprint density at radius 2 is 1.00 bits per heavy atom. The minimum atomic E-state index is 0. The van der Waals surface area contributed by atoms with Crippen LogP contribution in [0.2, 0.25) is 0 Å². The summed E-state index contributed by atoms with van der Waals surface area (Å²) < 4.78 is 0. The third kappa shape index (κ3) is 87.2. The van der Waals surface area contributed by atoms with Gasteiger partial charge in [0.05, 0.1) is 0 Å². The Hall–Kier alpha value is 0.936. The maximum Gasteiger partial charge on any atom is 0 e. The summed E-state index contributed by atoms with van der Waals surface area (Å²) in [5, 5.41) is 0. The Balaban J connectivity index is -0.0000000450. The summed E-state index contributed by atoms with van der Waals surface area (Å²) in [6.45, 7) is 6.69. The molecule has 0 aromatic heterocycles. The third-order valence-corrected chi connectivity index (χ3v) is 0. The van der Waals surface area contributed by atoms with Gasteiger partial charge >= 0.3 is 0 Å². The average Bonchev–Trinajstić information content (AvgIpc) is 0.811. The van der Waals surface area contributed by atoms with Crippen molar-refractivity contribution in [1.82, 2.24) is 0 Å². The molecule has 0 nitrogen and oxygen atoms in total. The normalized spacial score (nSPS) is 6.00. The summed E-state index contributed by atoms with van der Waals surface area (Å²) in [6.07, 6.45) is 0. The molecule has 0 bridgehead atoms. The zero-order valence-corrected chi connectivity index (χ0v) is 6.72. The largest absolute Gasteiger partial charge is 0.358 e. The van der Waals surface area contributed by atoms with Gasteiger partial charge in [-0.15, -0.1) is 7.92 Å². The zero-order valence-electron chi connectivity index (χ0n) is 4.78. The molecular formula is C4H12CoP-. The Morgan fingerprint density at radius 3 is 1.00 bits per heavy atom. The van der Waals surface area contributed by atoms with Crippen LogP contribution in [0.1, 0.15) is 0 Å². The van der Waals surface area contributed by atoms with Crippen molar-refractivity contribution in [3.8, 4) is 0 Å². The fourth-order valence-electron chi connectivity index (χ4n) is 0. The van der Waals surface area contributed by atoms with Gasteiger partial charge in [-0.1, -0.05) is 0 Å². The van der Waals surface area contributed by atoms with E-state index in [2.05, 4.69) is 20.0 Å². The molecule has 6 heavy (non-hydrogen) atoms. The van der Waals surface area contributed by atoms with Crippen LogP contribution in [0.25, 0.3) is 0 Å². The van der Waals surface area contributed by atoms with Crippen molar-refractivity contribution >= 4 is 7.92 Å². The Kier molecular flexibility index (Phi) is 24.5. The van der Waals surface area contributed by atoms with Crippen LogP contribution in [0.3, 0.4) is 0 Å². The molecule has 0 aliphatic heterocycles. The molecule has 43 valence electrons. The van der Waals surface area contributed by atoms with Crippen molar-refractivity contribution in [2.24, 2.45) is 0 Å². The van der Waals surface area contributed by atoms with Gasteiger partial charge in [0.25, 0.3) is 0 Å². The molecule has 0 aliphatic rings. The molecule has 0 N–H and O–H groups in total. The SMILES string of the molecule is CP(C)C.[CH3-].[Co]. The van der Waals surface area contributed by atoms with Gasteiger partial charge in [0.1, 0.15) is 0 Å². The minimum absolute atomic E-state index is 0. The van der Waals surface area contributed by atoms with Crippen LogP contribution in [0.15, 0.2) is 0 Å². The van der Waals surface area contributed by atoms with Gasteiger partial charge < -0.3 is 7.43 Å². The molecule has 1 radical (unpaired) electrons. The van der Waals surface area contributed by atoms with E-state index >= 15 is 0 Å². The topological polar surface area (TPSA) is 0 Å². The van der Waals surface area contributed by atoms with Gasteiger partial charge in [-0.05, 0) is 20.0 Å². The molecule has 0 atom stereocenters. The second-order valence-corrected chi connectivity index (χ2v) is 4.02. The van der Waals surface area contributed by atoms with E-state index in [0.29, 0.717) is 7.92 Å². The van der Waals surface area contributed by atoms with Crippen molar-refractivity contribution < 1.29 is 16.8 Å². The van der Waals surface area contributed by atoms with E-state index in [0.717, 1.165) is 0 Å². The summed E-state index contributed by atoms with van der Waals surface area (Å²) >= 11 is 0. The smallest absolute Gasteiger partial charge is 0 e. The van der Waals surface area contributed by atoms with Gasteiger partial charge in [0.15, 0.2) is 0 Å². The molecule has 0 rings (SSSR count). The average molecular weight is 150 g/mol. The molecule has 0 saturated heterocycles. The molecule has 0 fully saturated rings. The molecule has 0 aliphatic carbocycles. The van der Waals surface area contributed by atoms with E-state index in [1.807, 2.05) is 0 Å². The van der Waals surface area contributed by atoms with E-state index in [4.69, 9.17) is 0 Å². The summed E-state index contributed by atoms with van der Waals surface area (Å²) in [5.41, 5.74) is 0. The van der Waals surface area contributed by atoms with Crippen LogP contribution in [0.4, 0.5) is 0 Å². The summed E-state index contributed by atoms with van der Waals surface area (Å²) in [5.74, 6) is 0. The molecule has 0 aromatic carbocycles. The van der Waals surface area contributed by atoms with E-state index in [1.54, 1.807) is 0 Å². The fraction of sp³-hybridized carbons (Fsp3) is 0.750. The van der Waals surface area contributed by atoms with Gasteiger partial charge in [-0.25, -0.2) is 0 Å². The molecular weight excluding hydrogens is 138 g/mol. The van der Waals surface area contributed by atoms with Gasteiger partial charge in [-0.3, -0.25) is 0 Å². The predicted molar refractivity (Wildman–Crippen MR) is 31.1 cm³/mol. The van der Waals surface area contributed by atoms with E-state index in [9.17, 15) is 0 Å². The molecule has 2 heteroatoms. The maximum atomic E-state index is 2.23. The summed E-state index contributed by atoms with van der Waals surface area (Å²) in [7, 11) is 0.380. The van der Waals surface area contributed by atoms with Crippen molar-refractivity contribution in [2.45, 2.75) is 0 Å². The van der Waals surface area contributed by atoms with Crippen LogP contribution >= 0.6 is 7.92 Å². The van der Waals surface area contributed by atoms with Gasteiger partial charge in [0.2, 0.25) is 0 Å². The summed E-state index contributed by atoms with van der Waals surface area (Å²) in [6, 6.07) is 0. The standard InChI is InChI=1S/C3H9P.CH3.Co/c1-4(2)3;;/h1-3H3;1H3;/q;-1;. The van der Waals surface area contributed by atoms with Crippen LogP contribution < -0.4 is 0 Å². The van der Waals surface area contributed by atoms with Gasteiger partial charge in [-0.2, -0.15) is 0 Å². The van der Waals surface area contributed by atoms with Crippen molar-refractivity contribution in [2.75, 3.05) is 20.0 Å². The number of rotatable bonds is 0. The number of hydrogen-bond donors (Lipinski definition) is 0. The first-order chi connectivity index (χ1) is 1.73. The van der Waals surface area contributed by atoms with Crippen molar-refractivity contribution in [3.05, 3.63) is 7.43 Å². The summed E-state index contributed by atoms with van der Waals surface area (Å²) in [4.78, 5) is 0. The van der Waals surface area contributed by atoms with E-state index in [-0.39, 0.29) is 24.2 Å². The second kappa shape index (κ2) is 9.34. The molecule has 0 heterocycles. The zero-order chi connectivity index (χ0) is 3.58. The third-order valence-electron chi connectivity index (χ3n) is 0. The minimum Gasteiger partial charge on any atom is -0.358 e. The maximum absolute atomic E-state index is 2.23. The van der Waals surface area contributed by atoms with Crippen LogP contribution in [0, 0.1) is 7.43 Å². The van der Waals surface area contributed by atoms with Gasteiger partial charge in [0, 0.05) is 16.8 Å². The Morgan fingerprint density at radius 1 is 1.00 bits per heavy atom. The van der Waals surface area contributed by atoms with Crippen LogP contribution in [-0.4, -0.2) is 20.0 Å². The molecule has 0 spiro atoms. The van der Waals surface area contributed by atoms with Crippen LogP contribution in [0.5, 0.6) is 0 Å². The molecule has 0 saturated carbocycles. The second-order valence-electron chi connectivity index (χ2n) is 1.34. The molecule has 0 unspecified atom stereocenters.